The first-order chi connectivity index (χ1) is 19.9. The Bertz CT molecular complexity index is 1340. The summed E-state index contributed by atoms with van der Waals surface area (Å²) in [6, 6.07) is 18.4. The molecule has 2 atom stereocenters. The highest BCUT2D eigenvalue weighted by molar-refractivity contribution is 6.79. The molecule has 2 unspecified atom stereocenters. The largest absolute Gasteiger partial charge is 0.546 e. The van der Waals surface area contributed by atoms with E-state index in [1.807, 2.05) is 0 Å². The van der Waals surface area contributed by atoms with Gasteiger partial charge in [0, 0.05) is 11.1 Å². The molecule has 2 aliphatic rings. The van der Waals surface area contributed by atoms with Crippen molar-refractivity contribution < 1.29 is 8.85 Å². The monoisotopic (exact) mass is 662 g/mol. The van der Waals surface area contributed by atoms with Gasteiger partial charge in [0.1, 0.15) is 0 Å². The zero-order valence-electron chi connectivity index (χ0n) is 31.0. The van der Waals surface area contributed by atoms with Gasteiger partial charge in [-0.3, -0.25) is 0 Å². The van der Waals surface area contributed by atoms with Gasteiger partial charge in [0.15, 0.2) is 0 Å². The minimum absolute atomic E-state index is 0.144. The Morgan fingerprint density at radius 2 is 0.795 bits per heavy atom. The Balaban J connectivity index is 1.91. The predicted molar refractivity (Wildman–Crippen MR) is 205 cm³/mol. The first kappa shape index (κ1) is 35.2. The fourth-order valence-corrected chi connectivity index (χ4v) is 13.4. The molecule has 0 aliphatic heterocycles. The third-order valence-corrected chi connectivity index (χ3v) is 24.3. The standard InChI is InChI=1S/C38H62O2Si4/c1-37(2,3)43(13,14)39-33-29(27-21-17-19-23-31(27)35(33)41(7,8)9)25-26-30-28-22-18-20-24-32(28)36(42(10,11)12)34(30)40-44(15,16)38(4,5)6/h17-24,35-36H,25-26H2,1-16H3. The average molecular weight is 663 g/mol. The highest BCUT2D eigenvalue weighted by atomic mass is 28.4. The normalized spacial score (nSPS) is 19.8. The Kier molecular flexibility index (Phi) is 9.27. The molecule has 6 heteroatoms. The van der Waals surface area contributed by atoms with Crippen molar-refractivity contribution in [3.63, 3.8) is 0 Å². The summed E-state index contributed by atoms with van der Waals surface area (Å²) in [5.41, 5.74) is 9.53. The molecule has 0 radical (unpaired) electrons. The highest BCUT2D eigenvalue weighted by Crippen LogP contribution is 2.55. The number of hydrogen-bond acceptors (Lipinski definition) is 2. The summed E-state index contributed by atoms with van der Waals surface area (Å²) in [5, 5.41) is 0.289. The zero-order chi connectivity index (χ0) is 33.3. The van der Waals surface area contributed by atoms with E-state index < -0.39 is 32.8 Å². The summed E-state index contributed by atoms with van der Waals surface area (Å²) in [6.45, 7) is 39.0. The van der Waals surface area contributed by atoms with E-state index in [0.717, 1.165) is 12.8 Å². The molecule has 0 N–H and O–H groups in total. The fourth-order valence-electron chi connectivity index (χ4n) is 6.53. The number of allylic oxidation sites excluding steroid dienone is 4. The number of benzene rings is 2. The first-order valence-corrected chi connectivity index (χ1v) is 29.9. The van der Waals surface area contributed by atoms with Gasteiger partial charge in [-0.15, -0.1) is 0 Å². The van der Waals surface area contributed by atoms with Gasteiger partial charge in [-0.05, 0) is 82.5 Å². The van der Waals surface area contributed by atoms with Crippen LogP contribution in [0, 0.1) is 0 Å². The number of fused-ring (bicyclic) bond motifs is 2. The molecule has 2 aromatic rings. The van der Waals surface area contributed by atoms with Crippen molar-refractivity contribution in [1.82, 2.24) is 0 Å². The van der Waals surface area contributed by atoms with Crippen LogP contribution in [0.25, 0.3) is 11.1 Å². The molecule has 2 aliphatic carbocycles. The van der Waals surface area contributed by atoms with Crippen LogP contribution in [0.5, 0.6) is 0 Å². The quantitative estimate of drug-likeness (QED) is 0.249. The third-order valence-electron chi connectivity index (χ3n) is 11.0. The van der Waals surface area contributed by atoms with Gasteiger partial charge in [0.05, 0.1) is 27.7 Å². The molecule has 0 bridgehead atoms. The Morgan fingerprint density at radius 1 is 0.500 bits per heavy atom. The van der Waals surface area contributed by atoms with Gasteiger partial charge in [-0.1, -0.05) is 129 Å². The van der Waals surface area contributed by atoms with E-state index in [9.17, 15) is 0 Å². The summed E-state index contributed by atoms with van der Waals surface area (Å²) in [5.74, 6) is 2.61. The molecule has 0 saturated heterocycles. The zero-order valence-corrected chi connectivity index (χ0v) is 35.0. The third kappa shape index (κ3) is 6.61. The van der Waals surface area contributed by atoms with Crippen LogP contribution >= 0.6 is 0 Å². The minimum Gasteiger partial charge on any atom is -0.546 e. The molecule has 4 rings (SSSR count). The van der Waals surface area contributed by atoms with Crippen LogP contribution in [-0.4, -0.2) is 32.8 Å². The Hall–Kier alpha value is -1.61. The second-order valence-corrected chi connectivity index (χ2v) is 38.8. The van der Waals surface area contributed by atoms with Crippen LogP contribution in [0.1, 0.15) is 87.7 Å². The van der Waals surface area contributed by atoms with Gasteiger partial charge in [0.25, 0.3) is 0 Å². The molecule has 242 valence electrons. The Morgan fingerprint density at radius 3 is 1.07 bits per heavy atom. The van der Waals surface area contributed by atoms with Crippen molar-refractivity contribution in [2.75, 3.05) is 0 Å². The van der Waals surface area contributed by atoms with Crippen LogP contribution in [0.2, 0.25) is 75.5 Å². The lowest BCUT2D eigenvalue weighted by Gasteiger charge is -2.41. The van der Waals surface area contributed by atoms with E-state index >= 15 is 0 Å². The molecular formula is C38H62O2Si4. The highest BCUT2D eigenvalue weighted by Gasteiger charge is 2.48. The van der Waals surface area contributed by atoms with E-state index in [4.69, 9.17) is 8.85 Å². The van der Waals surface area contributed by atoms with E-state index in [2.05, 4.69) is 156 Å². The van der Waals surface area contributed by atoms with E-state index in [1.54, 1.807) is 0 Å². The fraction of sp³-hybridized carbons (Fsp3) is 0.579. The molecule has 0 spiro atoms. The SMILES string of the molecule is CC(C)(C)[Si](C)(C)OC1=C(CCC2=C(O[Si](C)(C)C(C)(C)C)C([Si](C)(C)C)c3ccccc32)c2ccccc2C1[Si](C)(C)C. The van der Waals surface area contributed by atoms with Gasteiger partial charge in [0.2, 0.25) is 16.6 Å². The molecule has 0 heterocycles. The smallest absolute Gasteiger partial charge is 0.250 e. The number of hydrogen-bond donors (Lipinski definition) is 0. The molecule has 0 amide bonds. The maximum Gasteiger partial charge on any atom is 0.250 e. The molecule has 2 nitrogen and oxygen atoms in total. The van der Waals surface area contributed by atoms with E-state index in [1.165, 1.54) is 44.9 Å². The van der Waals surface area contributed by atoms with Crippen molar-refractivity contribution >= 4 is 43.9 Å². The summed E-state index contributed by atoms with van der Waals surface area (Å²) in [7, 11) is -7.40. The van der Waals surface area contributed by atoms with Crippen LogP contribution in [-0.2, 0) is 8.85 Å². The molecule has 44 heavy (non-hydrogen) atoms. The summed E-state index contributed by atoms with van der Waals surface area (Å²) >= 11 is 0. The lowest BCUT2D eigenvalue weighted by atomic mass is 9.96. The second-order valence-electron chi connectivity index (χ2n) is 18.7. The molecule has 2 aromatic carbocycles. The first-order valence-electron chi connectivity index (χ1n) is 16.9. The molecule has 0 aromatic heterocycles. The summed E-state index contributed by atoms with van der Waals surface area (Å²) < 4.78 is 14.9. The van der Waals surface area contributed by atoms with Crippen molar-refractivity contribution in [2.45, 2.75) is 141 Å². The van der Waals surface area contributed by atoms with Gasteiger partial charge >= 0.3 is 0 Å². The lowest BCUT2D eigenvalue weighted by Crippen LogP contribution is -2.43. The maximum atomic E-state index is 7.43. The van der Waals surface area contributed by atoms with Crippen LogP contribution in [0.3, 0.4) is 0 Å². The van der Waals surface area contributed by atoms with Crippen molar-refractivity contribution in [2.24, 2.45) is 0 Å². The summed E-state index contributed by atoms with van der Waals surface area (Å²) in [4.78, 5) is 0. The van der Waals surface area contributed by atoms with E-state index in [0.29, 0.717) is 11.1 Å². The molecular weight excluding hydrogens is 601 g/mol. The average Bonchev–Trinajstić information content (AvgIpc) is 3.32. The topological polar surface area (TPSA) is 18.5 Å². The maximum absolute atomic E-state index is 7.43. The van der Waals surface area contributed by atoms with Crippen LogP contribution in [0.4, 0.5) is 0 Å². The van der Waals surface area contributed by atoms with Gasteiger partial charge < -0.3 is 8.85 Å². The second kappa shape index (κ2) is 11.6. The van der Waals surface area contributed by atoms with Crippen molar-refractivity contribution in [1.29, 1.82) is 0 Å². The van der Waals surface area contributed by atoms with Crippen molar-refractivity contribution in [3.8, 4) is 0 Å². The predicted octanol–water partition coefficient (Wildman–Crippen LogP) is 12.6. The van der Waals surface area contributed by atoms with Crippen LogP contribution in [0.15, 0.2) is 60.0 Å². The van der Waals surface area contributed by atoms with Crippen molar-refractivity contribution in [3.05, 3.63) is 82.3 Å². The van der Waals surface area contributed by atoms with Gasteiger partial charge in [-0.2, -0.15) is 0 Å². The summed E-state index contributed by atoms with van der Waals surface area (Å²) in [6.07, 6.45) is 1.96. The van der Waals surface area contributed by atoms with Gasteiger partial charge in [-0.25, -0.2) is 0 Å². The van der Waals surface area contributed by atoms with Crippen LogP contribution < -0.4 is 0 Å². The molecule has 0 fully saturated rings. The molecule has 0 saturated carbocycles. The Labute approximate surface area is 275 Å². The lowest BCUT2D eigenvalue weighted by molar-refractivity contribution is 0.371. The number of rotatable bonds is 9. The van der Waals surface area contributed by atoms with E-state index in [-0.39, 0.29) is 10.1 Å². The minimum atomic E-state index is -2.05.